The van der Waals surface area contributed by atoms with Gasteiger partial charge in [0.1, 0.15) is 6.54 Å². The topological polar surface area (TPSA) is 101 Å². The molecule has 5 heterocycles. The number of quaternary nitrogens is 1. The number of aromatic nitrogens is 2. The smallest absolute Gasteiger partial charge is 0.434 e. The molecule has 7 rings (SSSR count). The van der Waals surface area contributed by atoms with Crippen LogP contribution >= 0.6 is 7.81 Å². The van der Waals surface area contributed by atoms with Crippen LogP contribution in [0.15, 0.2) is 85.1 Å². The summed E-state index contributed by atoms with van der Waals surface area (Å²) in [6.07, 6.45) is -2.34. The first-order valence-corrected chi connectivity index (χ1v) is 17.6. The molecule has 2 aromatic carbocycles. The molecule has 0 unspecified atom stereocenters. The van der Waals surface area contributed by atoms with E-state index in [1.165, 1.54) is 12.3 Å². The Morgan fingerprint density at radius 3 is 1.96 bits per heavy atom. The summed E-state index contributed by atoms with van der Waals surface area (Å²) in [6, 6.07) is 21.7. The average molecular weight is 751 g/mol. The Kier molecular flexibility index (Phi) is 9.67. The molecule has 18 heteroatoms. The van der Waals surface area contributed by atoms with Gasteiger partial charge in [0.25, 0.3) is 5.91 Å². The number of amides is 1. The fraction of sp³-hybridized carbons (Fsp3) is 0.333. The number of rotatable bonds is 8. The van der Waals surface area contributed by atoms with E-state index in [1.807, 2.05) is 0 Å². The minimum atomic E-state index is -10.7. The Hall–Kier alpha value is -4.34. The molecule has 3 fully saturated rings. The summed E-state index contributed by atoms with van der Waals surface area (Å²) in [7, 11) is -10.7. The average Bonchev–Trinajstić information content (AvgIpc) is 3.06. The molecular formula is C33H32F9N4O4P. The maximum atomic E-state index is 13.8. The van der Waals surface area contributed by atoms with E-state index in [1.54, 1.807) is 72.8 Å². The molecule has 1 atom stereocenters. The van der Waals surface area contributed by atoms with Gasteiger partial charge in [-0.3, -0.25) is 4.79 Å². The van der Waals surface area contributed by atoms with E-state index in [0.717, 1.165) is 25.9 Å². The summed E-state index contributed by atoms with van der Waals surface area (Å²) in [6.45, 7) is 2.67. The van der Waals surface area contributed by atoms with Gasteiger partial charge in [0.2, 0.25) is 5.60 Å². The van der Waals surface area contributed by atoms with Crippen molar-refractivity contribution in [2.45, 2.75) is 30.7 Å². The number of hydrogen-bond donors (Lipinski definition) is 2. The number of fused-ring (bicyclic) bond motifs is 4. The number of aliphatic hydroxyl groups is 1. The van der Waals surface area contributed by atoms with Crippen LogP contribution in [0.25, 0.3) is 11.0 Å². The second kappa shape index (κ2) is 13.0. The Labute approximate surface area is 285 Å². The van der Waals surface area contributed by atoms with Crippen LogP contribution in [0.2, 0.25) is 0 Å². The number of carbonyl (C=O) groups excluding carboxylic acids is 2. The quantitative estimate of drug-likeness (QED) is 0.0824. The van der Waals surface area contributed by atoms with Gasteiger partial charge in [-0.2, -0.15) is 13.2 Å². The third-order valence-electron chi connectivity index (χ3n) is 8.95. The summed E-state index contributed by atoms with van der Waals surface area (Å²) in [5.41, 5.74) is -3.10. The molecule has 276 valence electrons. The zero-order valence-corrected chi connectivity index (χ0v) is 27.4. The molecule has 2 aromatic heterocycles. The minimum Gasteiger partial charge on any atom is -0.453 e. The third-order valence-corrected chi connectivity index (χ3v) is 8.95. The molecule has 2 bridgehead atoms. The van der Waals surface area contributed by atoms with Gasteiger partial charge in [-0.25, -0.2) is 14.8 Å². The van der Waals surface area contributed by atoms with Gasteiger partial charge in [0, 0.05) is 30.3 Å². The second-order valence-corrected chi connectivity index (χ2v) is 14.5. The summed E-state index contributed by atoms with van der Waals surface area (Å²) in [5, 5.41) is 14.8. The molecule has 0 saturated carbocycles. The number of hydrogen-bond acceptors (Lipinski definition) is 6. The predicted octanol–water partition coefficient (Wildman–Crippen LogP) is 7.85. The van der Waals surface area contributed by atoms with Crippen molar-refractivity contribution in [1.29, 1.82) is 0 Å². The molecule has 0 radical (unpaired) electrons. The van der Waals surface area contributed by atoms with Gasteiger partial charge < -0.3 is 19.6 Å². The van der Waals surface area contributed by atoms with Gasteiger partial charge >= 0.3 is 45.1 Å². The first-order valence-electron chi connectivity index (χ1n) is 15.6. The van der Waals surface area contributed by atoms with E-state index in [2.05, 4.69) is 15.3 Å². The van der Waals surface area contributed by atoms with E-state index in [-0.39, 0.29) is 18.1 Å². The first-order chi connectivity index (χ1) is 23.5. The van der Waals surface area contributed by atoms with Gasteiger partial charge in [-0.1, -0.05) is 60.7 Å². The number of benzene rings is 2. The van der Waals surface area contributed by atoms with E-state index < -0.39 is 48.8 Å². The Balaban J connectivity index is 0.000000654. The second-order valence-electron chi connectivity index (χ2n) is 12.6. The number of alkyl halides is 3. The molecule has 3 saturated heterocycles. The van der Waals surface area contributed by atoms with Crippen molar-refractivity contribution in [3.05, 3.63) is 107 Å². The molecule has 2 N–H and O–H groups in total. The number of carbonyl (C=O) groups is 2. The third kappa shape index (κ3) is 9.71. The van der Waals surface area contributed by atoms with Crippen molar-refractivity contribution in [2.24, 2.45) is 5.92 Å². The van der Waals surface area contributed by atoms with Crippen LogP contribution in [0.5, 0.6) is 0 Å². The fourth-order valence-electron chi connectivity index (χ4n) is 6.55. The van der Waals surface area contributed by atoms with Gasteiger partial charge in [-0.05, 0) is 29.3 Å². The molecule has 4 aromatic rings. The van der Waals surface area contributed by atoms with Crippen LogP contribution in [-0.2, 0) is 21.3 Å². The number of nitrogens with zero attached hydrogens (tertiary/aromatic N) is 3. The fourth-order valence-corrected chi connectivity index (χ4v) is 6.55. The normalized spacial score (nSPS) is 21.8. The van der Waals surface area contributed by atoms with E-state index in [0.29, 0.717) is 34.1 Å². The van der Waals surface area contributed by atoms with Crippen LogP contribution in [0.1, 0.15) is 40.0 Å². The van der Waals surface area contributed by atoms with Gasteiger partial charge in [0.05, 0.1) is 31.7 Å². The molecule has 3 aliphatic heterocycles. The number of nitrogens with one attached hydrogen (secondary N) is 1. The first kappa shape index (κ1) is 37.9. The summed E-state index contributed by atoms with van der Waals surface area (Å²) >= 11 is 0. The van der Waals surface area contributed by atoms with Crippen LogP contribution in [-0.4, -0.2) is 70.3 Å². The number of esters is 1. The molecule has 3 aliphatic rings. The van der Waals surface area contributed by atoms with E-state index in [4.69, 9.17) is 4.74 Å². The molecule has 51 heavy (non-hydrogen) atoms. The molecule has 1 amide bonds. The molecular weight excluding hydrogens is 718 g/mol. The minimum absolute atomic E-state index is 0.0853. The largest absolute Gasteiger partial charge is 0.453 e. The molecule has 0 aliphatic carbocycles. The van der Waals surface area contributed by atoms with Crippen molar-refractivity contribution < 1.29 is 62.3 Å². The predicted molar refractivity (Wildman–Crippen MR) is 169 cm³/mol. The number of ether oxygens (including phenoxy) is 1. The zero-order valence-electron chi connectivity index (χ0n) is 26.5. The van der Waals surface area contributed by atoms with Gasteiger partial charge in [0.15, 0.2) is 17.4 Å². The zero-order chi connectivity index (χ0) is 37.4. The number of piperidine rings is 3. The van der Waals surface area contributed by atoms with Crippen LogP contribution in [0, 0.1) is 5.92 Å². The summed E-state index contributed by atoms with van der Waals surface area (Å²) in [4.78, 5) is 34.3. The van der Waals surface area contributed by atoms with Crippen molar-refractivity contribution in [1.82, 2.24) is 15.3 Å². The Morgan fingerprint density at radius 2 is 1.43 bits per heavy atom. The summed E-state index contributed by atoms with van der Waals surface area (Å²) < 4.78 is 107. The molecule has 0 spiro atoms. The maximum absolute atomic E-state index is 13.8. The number of halogens is 9. The maximum Gasteiger partial charge on any atom is 0.434 e. The standard InChI is InChI=1S/C33H31F3N4O4.F6P/c34-33(35,36)28-26(20-23-8-7-15-37-29(23)39-28)30(41)38-16-19-40-17-13-22(14-18-40)27(21-40)44-31(42)32(43,24-9-3-1-4-10-24)25-11-5-2-6-12-25;1-7(2,3,4,5)6/h1-12,15,20,22,27,43H,13-14,16-19,21H2;/q;-1/p+1/t22?,27-,40?;/m0./s1. The van der Waals surface area contributed by atoms with Crippen LogP contribution < -0.4 is 5.32 Å². The van der Waals surface area contributed by atoms with Crippen molar-refractivity contribution in [3.8, 4) is 0 Å². The number of pyridine rings is 2. The summed E-state index contributed by atoms with van der Waals surface area (Å²) in [5.74, 6) is -1.48. The Bertz CT molecular complexity index is 1840. The van der Waals surface area contributed by atoms with Crippen molar-refractivity contribution >= 4 is 30.7 Å². The van der Waals surface area contributed by atoms with Crippen molar-refractivity contribution in [2.75, 3.05) is 32.7 Å². The van der Waals surface area contributed by atoms with Crippen LogP contribution in [0.3, 0.4) is 0 Å². The van der Waals surface area contributed by atoms with Crippen LogP contribution in [0.4, 0.5) is 38.4 Å². The molecule has 8 nitrogen and oxygen atoms in total. The van der Waals surface area contributed by atoms with Crippen molar-refractivity contribution in [3.63, 3.8) is 0 Å². The SMILES string of the molecule is F[P-](F)(F)(F)(F)F.O=C(NCC[N+]12CCC(CC1)[C@@H](OC(=O)C(O)(c1ccccc1)c1ccccc1)C2)c1cc2cccnc2nc1C(F)(F)F. The monoisotopic (exact) mass is 750 g/mol. The van der Waals surface area contributed by atoms with Gasteiger partial charge in [-0.15, -0.1) is 0 Å². The Morgan fingerprint density at radius 1 is 0.882 bits per heavy atom. The van der Waals surface area contributed by atoms with E-state index in [9.17, 15) is 53.0 Å². The van der Waals surface area contributed by atoms with E-state index >= 15 is 0 Å².